The normalized spacial score (nSPS) is 19.7. The molecule has 4 heteroatoms. The number of anilines is 1. The van der Waals surface area contributed by atoms with E-state index in [2.05, 4.69) is 28.2 Å². The molecule has 18 heavy (non-hydrogen) atoms. The summed E-state index contributed by atoms with van der Waals surface area (Å²) in [5, 5.41) is 2.98. The van der Waals surface area contributed by atoms with Crippen molar-refractivity contribution in [3.05, 3.63) is 28.2 Å². The highest BCUT2D eigenvalue weighted by Gasteiger charge is 2.21. The van der Waals surface area contributed by atoms with Gasteiger partial charge in [-0.3, -0.25) is 0 Å². The topological polar surface area (TPSA) is 32.3 Å². The number of likely N-dealkylation sites (tertiary alicyclic amines) is 1. The Balaban J connectivity index is 2.04. The second-order valence-corrected chi connectivity index (χ2v) is 5.85. The first-order valence-electron chi connectivity index (χ1n) is 6.39. The zero-order valence-electron chi connectivity index (χ0n) is 10.9. The fraction of sp³-hybridized carbons (Fsp3) is 0.500. The van der Waals surface area contributed by atoms with E-state index in [0.717, 1.165) is 35.2 Å². The molecule has 2 rings (SSSR count). The Morgan fingerprint density at radius 1 is 1.50 bits per heavy atom. The van der Waals surface area contributed by atoms with Crippen LogP contribution in [0.2, 0.25) is 0 Å². The summed E-state index contributed by atoms with van der Waals surface area (Å²) in [5.41, 5.74) is 1.97. The molecule has 0 aliphatic carbocycles. The van der Waals surface area contributed by atoms with Gasteiger partial charge in [0.2, 0.25) is 0 Å². The second-order valence-electron chi connectivity index (χ2n) is 5.06. The number of hydrogen-bond acceptors (Lipinski definition) is 1. The minimum absolute atomic E-state index is 0.00727. The maximum Gasteiger partial charge on any atom is 0.321 e. The first-order valence-corrected chi connectivity index (χ1v) is 7.18. The first-order chi connectivity index (χ1) is 8.58. The van der Waals surface area contributed by atoms with E-state index in [4.69, 9.17) is 0 Å². The number of rotatable bonds is 1. The Bertz CT molecular complexity index is 447. The minimum atomic E-state index is 0.00727. The molecule has 1 unspecified atom stereocenters. The monoisotopic (exact) mass is 310 g/mol. The summed E-state index contributed by atoms with van der Waals surface area (Å²) in [6, 6.07) is 5.90. The average Bonchev–Trinajstić information content (AvgIpc) is 2.35. The average molecular weight is 311 g/mol. The number of amides is 2. The second kappa shape index (κ2) is 5.74. The number of nitrogens with one attached hydrogen (secondary N) is 1. The van der Waals surface area contributed by atoms with Crippen molar-refractivity contribution in [1.82, 2.24) is 4.90 Å². The van der Waals surface area contributed by atoms with Crippen LogP contribution in [-0.2, 0) is 0 Å². The lowest BCUT2D eigenvalue weighted by Gasteiger charge is -2.31. The van der Waals surface area contributed by atoms with Crippen molar-refractivity contribution < 1.29 is 4.79 Å². The van der Waals surface area contributed by atoms with Gasteiger partial charge < -0.3 is 10.2 Å². The van der Waals surface area contributed by atoms with Crippen LogP contribution >= 0.6 is 15.9 Å². The van der Waals surface area contributed by atoms with Gasteiger partial charge in [0, 0.05) is 17.6 Å². The Morgan fingerprint density at radius 2 is 2.28 bits per heavy atom. The van der Waals surface area contributed by atoms with E-state index >= 15 is 0 Å². The Labute approximate surface area is 117 Å². The van der Waals surface area contributed by atoms with Gasteiger partial charge in [-0.2, -0.15) is 0 Å². The van der Waals surface area contributed by atoms with E-state index in [9.17, 15) is 4.79 Å². The lowest BCUT2D eigenvalue weighted by atomic mass is 10.0. The largest absolute Gasteiger partial charge is 0.324 e. The van der Waals surface area contributed by atoms with Crippen molar-refractivity contribution in [3.63, 3.8) is 0 Å². The summed E-state index contributed by atoms with van der Waals surface area (Å²) in [6.07, 6.45) is 2.32. The van der Waals surface area contributed by atoms with Gasteiger partial charge in [-0.1, -0.05) is 19.1 Å². The van der Waals surface area contributed by atoms with Crippen LogP contribution < -0.4 is 5.32 Å². The smallest absolute Gasteiger partial charge is 0.321 e. The number of hydrogen-bond donors (Lipinski definition) is 1. The van der Waals surface area contributed by atoms with Crippen LogP contribution in [0.4, 0.5) is 10.5 Å². The van der Waals surface area contributed by atoms with Crippen LogP contribution in [0.25, 0.3) is 0 Å². The molecule has 1 aromatic carbocycles. The molecule has 3 nitrogen and oxygen atoms in total. The quantitative estimate of drug-likeness (QED) is 0.834. The Kier molecular flexibility index (Phi) is 4.27. The molecule has 98 valence electrons. The van der Waals surface area contributed by atoms with Gasteiger partial charge in [-0.15, -0.1) is 0 Å². The molecular formula is C14H19BrN2O. The van der Waals surface area contributed by atoms with E-state index in [0.29, 0.717) is 5.92 Å². The first kappa shape index (κ1) is 13.4. The van der Waals surface area contributed by atoms with Crippen molar-refractivity contribution in [3.8, 4) is 0 Å². The number of aryl methyl sites for hydroxylation is 1. The molecule has 1 fully saturated rings. The summed E-state index contributed by atoms with van der Waals surface area (Å²) in [6.45, 7) is 5.93. The summed E-state index contributed by atoms with van der Waals surface area (Å²) in [7, 11) is 0. The molecule has 0 aromatic heterocycles. The molecule has 1 atom stereocenters. The third-order valence-corrected chi connectivity index (χ3v) is 4.43. The van der Waals surface area contributed by atoms with Gasteiger partial charge in [-0.25, -0.2) is 4.79 Å². The number of halogens is 1. The molecular weight excluding hydrogens is 292 g/mol. The van der Waals surface area contributed by atoms with Gasteiger partial charge in [0.05, 0.1) is 5.69 Å². The summed E-state index contributed by atoms with van der Waals surface area (Å²) < 4.78 is 0.961. The fourth-order valence-electron chi connectivity index (χ4n) is 2.31. The predicted octanol–water partition coefficient (Wildman–Crippen LogP) is 4.02. The Morgan fingerprint density at radius 3 is 3.00 bits per heavy atom. The number of urea groups is 1. The van der Waals surface area contributed by atoms with Crippen LogP contribution in [0.5, 0.6) is 0 Å². The number of benzene rings is 1. The molecule has 1 heterocycles. The lowest BCUT2D eigenvalue weighted by molar-refractivity contribution is 0.182. The highest BCUT2D eigenvalue weighted by molar-refractivity contribution is 9.10. The molecule has 0 spiro atoms. The molecule has 1 N–H and O–H groups in total. The van der Waals surface area contributed by atoms with E-state index in [1.807, 2.05) is 30.0 Å². The molecule has 1 saturated heterocycles. The molecule has 2 amide bonds. The van der Waals surface area contributed by atoms with Crippen LogP contribution in [0.3, 0.4) is 0 Å². The third kappa shape index (κ3) is 3.05. The van der Waals surface area contributed by atoms with Crippen LogP contribution in [0.15, 0.2) is 22.7 Å². The molecule has 1 aliphatic rings. The van der Waals surface area contributed by atoms with Gasteiger partial charge in [0.1, 0.15) is 0 Å². The van der Waals surface area contributed by atoms with Gasteiger partial charge >= 0.3 is 6.03 Å². The van der Waals surface area contributed by atoms with Crippen LogP contribution in [0, 0.1) is 12.8 Å². The van der Waals surface area contributed by atoms with Crippen LogP contribution in [-0.4, -0.2) is 24.0 Å². The van der Waals surface area contributed by atoms with Crippen molar-refractivity contribution in [2.75, 3.05) is 18.4 Å². The van der Waals surface area contributed by atoms with Crippen LogP contribution in [0.1, 0.15) is 25.3 Å². The predicted molar refractivity (Wildman–Crippen MR) is 77.9 cm³/mol. The van der Waals surface area contributed by atoms with E-state index < -0.39 is 0 Å². The third-order valence-electron chi connectivity index (χ3n) is 3.38. The van der Waals surface area contributed by atoms with Crippen molar-refractivity contribution in [1.29, 1.82) is 0 Å². The van der Waals surface area contributed by atoms with E-state index in [-0.39, 0.29) is 6.03 Å². The minimum Gasteiger partial charge on any atom is -0.324 e. The van der Waals surface area contributed by atoms with Crippen molar-refractivity contribution in [2.24, 2.45) is 5.92 Å². The molecule has 1 aromatic rings. The van der Waals surface area contributed by atoms with Gasteiger partial charge in [-0.05, 0) is 53.2 Å². The summed E-state index contributed by atoms with van der Waals surface area (Å²) in [4.78, 5) is 14.1. The zero-order chi connectivity index (χ0) is 13.1. The molecule has 1 aliphatic heterocycles. The summed E-state index contributed by atoms with van der Waals surface area (Å²) in [5.74, 6) is 0.602. The lowest BCUT2D eigenvalue weighted by Crippen LogP contribution is -2.41. The molecule has 0 bridgehead atoms. The highest BCUT2D eigenvalue weighted by atomic mass is 79.9. The number of carbonyl (C=O) groups is 1. The van der Waals surface area contributed by atoms with E-state index in [1.54, 1.807) is 0 Å². The molecule has 0 saturated carbocycles. The van der Waals surface area contributed by atoms with Crippen molar-refractivity contribution in [2.45, 2.75) is 26.7 Å². The standard InChI is InChI=1S/C14H19BrN2O/c1-10-5-4-8-17(9-10)14(18)16-12-7-3-6-11(2)13(12)15/h3,6-7,10H,4-5,8-9H2,1-2H3,(H,16,18). The number of piperidine rings is 1. The highest BCUT2D eigenvalue weighted by Crippen LogP contribution is 2.26. The molecule has 0 radical (unpaired) electrons. The Hall–Kier alpha value is -1.03. The number of nitrogens with zero attached hydrogens (tertiary/aromatic N) is 1. The number of carbonyl (C=O) groups excluding carboxylic acids is 1. The summed E-state index contributed by atoms with van der Waals surface area (Å²) >= 11 is 3.51. The van der Waals surface area contributed by atoms with Gasteiger partial charge in [0.25, 0.3) is 0 Å². The maximum atomic E-state index is 12.2. The van der Waals surface area contributed by atoms with Gasteiger partial charge in [0.15, 0.2) is 0 Å². The maximum absolute atomic E-state index is 12.2. The van der Waals surface area contributed by atoms with Crippen molar-refractivity contribution >= 4 is 27.6 Å². The SMILES string of the molecule is Cc1cccc(NC(=O)N2CCCC(C)C2)c1Br. The fourth-order valence-corrected chi connectivity index (χ4v) is 2.68. The van der Waals surface area contributed by atoms with E-state index in [1.165, 1.54) is 6.42 Å². The zero-order valence-corrected chi connectivity index (χ0v) is 12.5.